The third-order valence-electron chi connectivity index (χ3n) is 2.45. The summed E-state index contributed by atoms with van der Waals surface area (Å²) < 4.78 is 0. The van der Waals surface area contributed by atoms with Gasteiger partial charge in [0.2, 0.25) is 0 Å². The lowest BCUT2D eigenvalue weighted by molar-refractivity contribution is 0.101. The number of Topliss-reactive ketones (excluding diaryl/α,β-unsaturated/α-hetero) is 1. The fourth-order valence-electron chi connectivity index (χ4n) is 1.56. The first-order chi connectivity index (χ1) is 5.95. The van der Waals surface area contributed by atoms with Crippen LogP contribution < -0.4 is 5.73 Å². The summed E-state index contributed by atoms with van der Waals surface area (Å²) in [6.45, 7) is 7.40. The van der Waals surface area contributed by atoms with Gasteiger partial charge in [-0.15, -0.1) is 0 Å². The van der Waals surface area contributed by atoms with Crippen molar-refractivity contribution >= 4 is 11.5 Å². The van der Waals surface area contributed by atoms with Gasteiger partial charge in [-0.05, 0) is 44.4 Å². The molecule has 1 aromatic carbocycles. The van der Waals surface area contributed by atoms with Crippen LogP contribution in [0.4, 0.5) is 5.69 Å². The maximum atomic E-state index is 11.3. The zero-order valence-corrected chi connectivity index (χ0v) is 8.56. The van der Waals surface area contributed by atoms with Gasteiger partial charge in [0.25, 0.3) is 0 Å². The predicted molar refractivity (Wildman–Crippen MR) is 55.1 cm³/mol. The summed E-state index contributed by atoms with van der Waals surface area (Å²) in [6, 6.07) is 2.01. The molecule has 0 aliphatic carbocycles. The number of ketones is 1. The largest absolute Gasteiger partial charge is 0.398 e. The van der Waals surface area contributed by atoms with Crippen molar-refractivity contribution in [3.63, 3.8) is 0 Å². The molecule has 0 heterocycles. The molecule has 0 radical (unpaired) electrons. The molecule has 1 aromatic rings. The summed E-state index contributed by atoms with van der Waals surface area (Å²) in [7, 11) is 0. The molecule has 0 spiro atoms. The van der Waals surface area contributed by atoms with Crippen LogP contribution in [0.1, 0.15) is 34.0 Å². The van der Waals surface area contributed by atoms with Gasteiger partial charge < -0.3 is 5.73 Å². The lowest BCUT2D eigenvalue weighted by Gasteiger charge is -2.11. The first-order valence-electron chi connectivity index (χ1n) is 4.32. The van der Waals surface area contributed by atoms with E-state index in [0.717, 1.165) is 16.7 Å². The van der Waals surface area contributed by atoms with Crippen LogP contribution in [0.15, 0.2) is 6.07 Å². The van der Waals surface area contributed by atoms with E-state index >= 15 is 0 Å². The molecule has 0 atom stereocenters. The Hall–Kier alpha value is -1.31. The van der Waals surface area contributed by atoms with Gasteiger partial charge in [0.15, 0.2) is 5.78 Å². The van der Waals surface area contributed by atoms with Crippen molar-refractivity contribution in [1.82, 2.24) is 0 Å². The second-order valence-corrected chi connectivity index (χ2v) is 3.48. The minimum absolute atomic E-state index is 0.0433. The number of rotatable bonds is 1. The van der Waals surface area contributed by atoms with Crippen LogP contribution in [0, 0.1) is 20.8 Å². The third kappa shape index (κ3) is 1.57. The topological polar surface area (TPSA) is 43.1 Å². The number of hydrogen-bond acceptors (Lipinski definition) is 2. The van der Waals surface area contributed by atoms with Crippen molar-refractivity contribution in [2.45, 2.75) is 27.7 Å². The Balaban J connectivity index is 3.56. The number of nitrogens with two attached hydrogens (primary N) is 1. The molecule has 0 aliphatic rings. The SMILES string of the molecule is CC(=O)c1c(C)c(C)cc(C)c1N. The van der Waals surface area contributed by atoms with E-state index < -0.39 is 0 Å². The lowest BCUT2D eigenvalue weighted by Crippen LogP contribution is -2.06. The third-order valence-corrected chi connectivity index (χ3v) is 2.45. The van der Waals surface area contributed by atoms with Crippen LogP contribution in [-0.4, -0.2) is 5.78 Å². The summed E-state index contributed by atoms with van der Waals surface area (Å²) in [4.78, 5) is 11.3. The van der Waals surface area contributed by atoms with Crippen LogP contribution in [0.2, 0.25) is 0 Å². The van der Waals surface area contributed by atoms with Crippen LogP contribution in [0.5, 0.6) is 0 Å². The molecule has 0 unspecified atom stereocenters. The average molecular weight is 177 g/mol. The van der Waals surface area contributed by atoms with E-state index in [1.165, 1.54) is 0 Å². The van der Waals surface area contributed by atoms with Crippen LogP contribution in [0.3, 0.4) is 0 Å². The normalized spacial score (nSPS) is 10.2. The second kappa shape index (κ2) is 3.21. The van der Waals surface area contributed by atoms with Crippen molar-refractivity contribution < 1.29 is 4.79 Å². The standard InChI is InChI=1S/C11H15NO/c1-6-5-7(2)11(12)10(8(6)3)9(4)13/h5H,12H2,1-4H3. The fraction of sp³-hybridized carbons (Fsp3) is 0.364. The summed E-state index contributed by atoms with van der Waals surface area (Å²) >= 11 is 0. The lowest BCUT2D eigenvalue weighted by atomic mass is 9.95. The van der Waals surface area contributed by atoms with Crippen molar-refractivity contribution in [3.8, 4) is 0 Å². The van der Waals surface area contributed by atoms with Gasteiger partial charge in [-0.2, -0.15) is 0 Å². The molecule has 0 saturated heterocycles. The quantitative estimate of drug-likeness (QED) is 0.528. The summed E-state index contributed by atoms with van der Waals surface area (Å²) in [5.41, 5.74) is 10.2. The first kappa shape index (κ1) is 9.78. The molecule has 0 amide bonds. The highest BCUT2D eigenvalue weighted by Gasteiger charge is 2.12. The first-order valence-corrected chi connectivity index (χ1v) is 4.32. The molecule has 13 heavy (non-hydrogen) atoms. The minimum atomic E-state index is 0.0433. The Morgan fingerprint density at radius 1 is 1.23 bits per heavy atom. The van der Waals surface area contributed by atoms with E-state index in [0.29, 0.717) is 11.3 Å². The van der Waals surface area contributed by atoms with Crippen molar-refractivity contribution in [3.05, 3.63) is 28.3 Å². The number of anilines is 1. The number of benzene rings is 1. The molecular weight excluding hydrogens is 162 g/mol. The van der Waals surface area contributed by atoms with Crippen molar-refractivity contribution in [1.29, 1.82) is 0 Å². The van der Waals surface area contributed by atoms with Crippen molar-refractivity contribution in [2.24, 2.45) is 0 Å². The van der Waals surface area contributed by atoms with Gasteiger partial charge in [-0.1, -0.05) is 6.07 Å². The molecule has 2 heteroatoms. The van der Waals surface area contributed by atoms with E-state index in [1.807, 2.05) is 26.8 Å². The second-order valence-electron chi connectivity index (χ2n) is 3.48. The van der Waals surface area contributed by atoms with E-state index in [-0.39, 0.29) is 5.78 Å². The Morgan fingerprint density at radius 3 is 2.23 bits per heavy atom. The summed E-state index contributed by atoms with van der Waals surface area (Å²) in [5.74, 6) is 0.0433. The Bertz CT molecular complexity index is 341. The molecule has 0 bridgehead atoms. The minimum Gasteiger partial charge on any atom is -0.398 e. The highest BCUT2D eigenvalue weighted by Crippen LogP contribution is 2.24. The predicted octanol–water partition coefficient (Wildman–Crippen LogP) is 2.40. The molecule has 2 N–H and O–H groups in total. The fourth-order valence-corrected chi connectivity index (χ4v) is 1.56. The maximum Gasteiger partial charge on any atom is 0.162 e. The van der Waals surface area contributed by atoms with E-state index in [9.17, 15) is 4.79 Å². The number of aryl methyl sites for hydroxylation is 2. The summed E-state index contributed by atoms with van der Waals surface area (Å²) in [5, 5.41) is 0. The van der Waals surface area contributed by atoms with E-state index in [2.05, 4.69) is 0 Å². The molecule has 0 aromatic heterocycles. The number of hydrogen-bond donors (Lipinski definition) is 1. The Morgan fingerprint density at radius 2 is 1.77 bits per heavy atom. The Labute approximate surface area is 78.8 Å². The van der Waals surface area contributed by atoms with E-state index in [4.69, 9.17) is 5.73 Å². The molecule has 70 valence electrons. The molecular formula is C11H15NO. The van der Waals surface area contributed by atoms with Crippen LogP contribution >= 0.6 is 0 Å². The summed E-state index contributed by atoms with van der Waals surface area (Å²) in [6.07, 6.45) is 0. The van der Waals surface area contributed by atoms with Crippen LogP contribution in [0.25, 0.3) is 0 Å². The van der Waals surface area contributed by atoms with Gasteiger partial charge in [0, 0.05) is 11.3 Å². The molecule has 0 saturated carbocycles. The number of carbonyl (C=O) groups is 1. The average Bonchev–Trinajstić information content (AvgIpc) is 2.01. The number of carbonyl (C=O) groups excluding carboxylic acids is 1. The Kier molecular flexibility index (Phi) is 2.41. The molecule has 0 fully saturated rings. The number of nitrogen functional groups attached to an aromatic ring is 1. The van der Waals surface area contributed by atoms with Gasteiger partial charge in [-0.25, -0.2) is 0 Å². The maximum absolute atomic E-state index is 11.3. The zero-order valence-electron chi connectivity index (χ0n) is 8.56. The molecule has 2 nitrogen and oxygen atoms in total. The van der Waals surface area contributed by atoms with Gasteiger partial charge in [0.1, 0.15) is 0 Å². The van der Waals surface area contributed by atoms with Crippen molar-refractivity contribution in [2.75, 3.05) is 5.73 Å². The van der Waals surface area contributed by atoms with Crippen LogP contribution in [-0.2, 0) is 0 Å². The highest BCUT2D eigenvalue weighted by molar-refractivity contribution is 6.01. The van der Waals surface area contributed by atoms with Gasteiger partial charge in [-0.3, -0.25) is 4.79 Å². The molecule has 1 rings (SSSR count). The van der Waals surface area contributed by atoms with Gasteiger partial charge in [0.05, 0.1) is 0 Å². The van der Waals surface area contributed by atoms with E-state index in [1.54, 1.807) is 6.92 Å². The smallest absolute Gasteiger partial charge is 0.162 e. The highest BCUT2D eigenvalue weighted by atomic mass is 16.1. The zero-order chi connectivity index (χ0) is 10.2. The molecule has 0 aliphatic heterocycles. The monoisotopic (exact) mass is 177 g/mol. The van der Waals surface area contributed by atoms with Gasteiger partial charge >= 0.3 is 0 Å².